The molecule has 1 unspecified atom stereocenters. The molecule has 1 aliphatic rings. The molecule has 2 rings (SSSR count). The van der Waals surface area contributed by atoms with Crippen LogP contribution in [0.15, 0.2) is 30.3 Å². The molecule has 2 N–H and O–H groups in total. The van der Waals surface area contributed by atoms with Crippen LogP contribution in [0.1, 0.15) is 12.0 Å². The number of β-amino-alcohol motifs (C(OH)–C–C–N with tert-alkyl or cyclic N) is 1. The number of aliphatic hydroxyl groups excluding tert-OH is 1. The van der Waals surface area contributed by atoms with Crippen LogP contribution in [0.4, 0.5) is 0 Å². The van der Waals surface area contributed by atoms with Crippen molar-refractivity contribution in [3.63, 3.8) is 0 Å². The third-order valence-corrected chi connectivity index (χ3v) is 3.61. The average molecular weight is 278 g/mol. The second-order valence-corrected chi connectivity index (χ2v) is 5.36. The molecule has 112 valence electrons. The summed E-state index contributed by atoms with van der Waals surface area (Å²) in [5.41, 5.74) is 1.38. The number of nitrogens with zero attached hydrogens (tertiary/aromatic N) is 1. The van der Waals surface area contributed by atoms with Gasteiger partial charge in [0.25, 0.3) is 0 Å². The largest absolute Gasteiger partial charge is 0.390 e. The summed E-state index contributed by atoms with van der Waals surface area (Å²) in [6, 6.07) is 10.5. The molecule has 1 saturated heterocycles. The van der Waals surface area contributed by atoms with Gasteiger partial charge in [0.1, 0.15) is 0 Å². The van der Waals surface area contributed by atoms with E-state index in [0.717, 1.165) is 52.2 Å². The van der Waals surface area contributed by atoms with E-state index in [0.29, 0.717) is 6.54 Å². The second-order valence-electron chi connectivity index (χ2n) is 5.36. The highest BCUT2D eigenvalue weighted by Crippen LogP contribution is 2.01. The summed E-state index contributed by atoms with van der Waals surface area (Å²) in [5.74, 6) is 0. The van der Waals surface area contributed by atoms with E-state index in [1.807, 2.05) is 6.07 Å². The van der Waals surface area contributed by atoms with Gasteiger partial charge in [-0.05, 0) is 24.9 Å². The monoisotopic (exact) mass is 278 g/mol. The lowest BCUT2D eigenvalue weighted by molar-refractivity contribution is 0.0150. The Labute approximate surface area is 121 Å². The van der Waals surface area contributed by atoms with E-state index in [-0.39, 0.29) is 6.10 Å². The van der Waals surface area contributed by atoms with E-state index < -0.39 is 0 Å². The number of aryl methyl sites for hydroxylation is 1. The molecule has 0 bridgehead atoms. The fraction of sp³-hybridized carbons (Fsp3) is 0.625. The third-order valence-electron chi connectivity index (χ3n) is 3.61. The van der Waals surface area contributed by atoms with Gasteiger partial charge in [0, 0.05) is 26.2 Å². The number of ether oxygens (including phenoxy) is 1. The quantitative estimate of drug-likeness (QED) is 0.694. The Bertz CT molecular complexity index is 353. The lowest BCUT2D eigenvalue weighted by Crippen LogP contribution is -2.43. The Balaban J connectivity index is 1.50. The van der Waals surface area contributed by atoms with Crippen molar-refractivity contribution in [3.05, 3.63) is 35.9 Å². The van der Waals surface area contributed by atoms with Crippen LogP contribution < -0.4 is 5.32 Å². The maximum Gasteiger partial charge on any atom is 0.0791 e. The predicted molar refractivity (Wildman–Crippen MR) is 80.9 cm³/mol. The lowest BCUT2D eigenvalue weighted by atomic mass is 10.1. The maximum atomic E-state index is 9.97. The van der Waals surface area contributed by atoms with Gasteiger partial charge in [-0.15, -0.1) is 0 Å². The number of benzene rings is 1. The fourth-order valence-electron chi connectivity index (χ4n) is 2.48. The Morgan fingerprint density at radius 2 is 1.95 bits per heavy atom. The van der Waals surface area contributed by atoms with Crippen molar-refractivity contribution in [3.8, 4) is 0 Å². The minimum absolute atomic E-state index is 0.287. The molecule has 0 saturated carbocycles. The molecule has 1 aromatic carbocycles. The molecule has 0 spiro atoms. The zero-order chi connectivity index (χ0) is 14.0. The summed E-state index contributed by atoms with van der Waals surface area (Å²) in [5, 5.41) is 13.3. The smallest absolute Gasteiger partial charge is 0.0791 e. The Hall–Kier alpha value is -0.940. The summed E-state index contributed by atoms with van der Waals surface area (Å²) >= 11 is 0. The van der Waals surface area contributed by atoms with E-state index >= 15 is 0 Å². The SMILES string of the molecule is OC(CNCCCc1ccccc1)CN1CCOCC1. The Kier molecular flexibility index (Phi) is 7.01. The normalized spacial score (nSPS) is 18.1. The van der Waals surface area contributed by atoms with Crippen LogP contribution in [0.2, 0.25) is 0 Å². The van der Waals surface area contributed by atoms with Crippen LogP contribution in [-0.4, -0.2) is 62.0 Å². The van der Waals surface area contributed by atoms with Gasteiger partial charge in [0.05, 0.1) is 19.3 Å². The van der Waals surface area contributed by atoms with Crippen LogP contribution in [0.3, 0.4) is 0 Å². The number of nitrogens with one attached hydrogen (secondary N) is 1. The first-order valence-corrected chi connectivity index (χ1v) is 7.57. The molecule has 0 aliphatic carbocycles. The molecule has 1 atom stereocenters. The van der Waals surface area contributed by atoms with Gasteiger partial charge in [0.15, 0.2) is 0 Å². The molecular formula is C16H26N2O2. The first-order valence-electron chi connectivity index (χ1n) is 7.57. The summed E-state index contributed by atoms with van der Waals surface area (Å²) in [7, 11) is 0. The minimum atomic E-state index is -0.287. The highest BCUT2D eigenvalue weighted by molar-refractivity contribution is 5.14. The number of hydrogen-bond acceptors (Lipinski definition) is 4. The van der Waals surface area contributed by atoms with Crippen molar-refractivity contribution in [1.82, 2.24) is 10.2 Å². The molecule has 1 aliphatic heterocycles. The number of aliphatic hydroxyl groups is 1. The zero-order valence-corrected chi connectivity index (χ0v) is 12.1. The van der Waals surface area contributed by atoms with Crippen molar-refractivity contribution in [2.24, 2.45) is 0 Å². The first kappa shape index (κ1) is 15.4. The summed E-state index contributed by atoms with van der Waals surface area (Å²) in [4.78, 5) is 2.26. The highest BCUT2D eigenvalue weighted by atomic mass is 16.5. The molecule has 0 amide bonds. The van der Waals surface area contributed by atoms with Crippen molar-refractivity contribution >= 4 is 0 Å². The molecule has 4 heteroatoms. The zero-order valence-electron chi connectivity index (χ0n) is 12.1. The number of rotatable bonds is 8. The molecule has 4 nitrogen and oxygen atoms in total. The van der Waals surface area contributed by atoms with Gasteiger partial charge in [-0.25, -0.2) is 0 Å². The lowest BCUT2D eigenvalue weighted by Gasteiger charge is -2.28. The average Bonchev–Trinajstić information content (AvgIpc) is 2.49. The van der Waals surface area contributed by atoms with Gasteiger partial charge in [-0.2, -0.15) is 0 Å². The van der Waals surface area contributed by atoms with E-state index in [9.17, 15) is 5.11 Å². The van der Waals surface area contributed by atoms with Gasteiger partial charge < -0.3 is 15.2 Å². The maximum absolute atomic E-state index is 9.97. The van der Waals surface area contributed by atoms with E-state index in [1.165, 1.54) is 5.56 Å². The van der Waals surface area contributed by atoms with Crippen LogP contribution in [0.25, 0.3) is 0 Å². The fourth-order valence-corrected chi connectivity index (χ4v) is 2.48. The molecule has 20 heavy (non-hydrogen) atoms. The van der Waals surface area contributed by atoms with Crippen molar-refractivity contribution < 1.29 is 9.84 Å². The molecule has 0 aromatic heterocycles. The highest BCUT2D eigenvalue weighted by Gasteiger charge is 2.14. The molecule has 1 fully saturated rings. The van der Waals surface area contributed by atoms with Crippen molar-refractivity contribution in [1.29, 1.82) is 0 Å². The number of morpholine rings is 1. The van der Waals surface area contributed by atoms with Crippen LogP contribution in [0.5, 0.6) is 0 Å². The van der Waals surface area contributed by atoms with Crippen LogP contribution in [-0.2, 0) is 11.2 Å². The predicted octanol–water partition coefficient (Wildman–Crippen LogP) is 0.902. The molecule has 0 radical (unpaired) electrons. The molecular weight excluding hydrogens is 252 g/mol. The van der Waals surface area contributed by atoms with E-state index in [1.54, 1.807) is 0 Å². The third kappa shape index (κ3) is 6.01. The van der Waals surface area contributed by atoms with Crippen LogP contribution >= 0.6 is 0 Å². The second kappa shape index (κ2) is 9.08. The molecule has 1 heterocycles. The van der Waals surface area contributed by atoms with Gasteiger partial charge in [0.2, 0.25) is 0 Å². The Morgan fingerprint density at radius 1 is 1.20 bits per heavy atom. The Morgan fingerprint density at radius 3 is 2.70 bits per heavy atom. The summed E-state index contributed by atoms with van der Waals surface area (Å²) < 4.78 is 5.30. The van der Waals surface area contributed by atoms with Crippen molar-refractivity contribution in [2.45, 2.75) is 18.9 Å². The topological polar surface area (TPSA) is 44.7 Å². The summed E-state index contributed by atoms with van der Waals surface area (Å²) in [6.45, 7) is 5.82. The standard InChI is InChI=1S/C16H26N2O2/c19-16(14-18-9-11-20-12-10-18)13-17-8-4-7-15-5-2-1-3-6-15/h1-3,5-6,16-17,19H,4,7-14H2. The first-order chi connectivity index (χ1) is 9.84. The number of hydrogen-bond donors (Lipinski definition) is 2. The van der Waals surface area contributed by atoms with Gasteiger partial charge in [-0.3, -0.25) is 4.90 Å². The van der Waals surface area contributed by atoms with Crippen LogP contribution in [0, 0.1) is 0 Å². The van der Waals surface area contributed by atoms with Crippen molar-refractivity contribution in [2.75, 3.05) is 45.9 Å². The minimum Gasteiger partial charge on any atom is -0.390 e. The summed E-state index contributed by atoms with van der Waals surface area (Å²) in [6.07, 6.45) is 1.91. The molecule has 1 aromatic rings. The van der Waals surface area contributed by atoms with Gasteiger partial charge in [-0.1, -0.05) is 30.3 Å². The van der Waals surface area contributed by atoms with E-state index in [2.05, 4.69) is 34.5 Å². The van der Waals surface area contributed by atoms with Gasteiger partial charge >= 0.3 is 0 Å². The van der Waals surface area contributed by atoms with E-state index in [4.69, 9.17) is 4.74 Å².